The molecule has 0 saturated heterocycles. The summed E-state index contributed by atoms with van der Waals surface area (Å²) in [6, 6.07) is 8.10. The summed E-state index contributed by atoms with van der Waals surface area (Å²) in [4.78, 5) is 6.44. The smallest absolute Gasteiger partial charge is 0.0994 e. The van der Waals surface area contributed by atoms with E-state index in [1.807, 2.05) is 38.5 Å². The van der Waals surface area contributed by atoms with Crippen LogP contribution in [-0.4, -0.2) is 34.6 Å². The second-order valence-corrected chi connectivity index (χ2v) is 5.56. The van der Waals surface area contributed by atoms with Gasteiger partial charge in [-0.2, -0.15) is 0 Å². The van der Waals surface area contributed by atoms with Gasteiger partial charge in [-0.15, -0.1) is 0 Å². The zero-order valence-corrected chi connectivity index (χ0v) is 12.8. The molecule has 1 aromatic carbocycles. The quantitative estimate of drug-likeness (QED) is 0.906. The number of likely N-dealkylation sites (N-methyl/N-ethyl adjacent to an activating group) is 1. The van der Waals surface area contributed by atoms with E-state index in [-0.39, 0.29) is 5.54 Å². The number of nitrogens with zero attached hydrogens (tertiary/aromatic N) is 2. The average molecular weight is 272 g/mol. The highest BCUT2D eigenvalue weighted by Crippen LogP contribution is 2.38. The fourth-order valence-electron chi connectivity index (χ4n) is 3.16. The summed E-state index contributed by atoms with van der Waals surface area (Å²) >= 11 is 0. The first kappa shape index (κ1) is 14.9. The van der Waals surface area contributed by atoms with E-state index in [0.717, 1.165) is 29.2 Å². The molecule has 108 valence electrons. The fourth-order valence-corrected chi connectivity index (χ4v) is 3.16. The van der Waals surface area contributed by atoms with Gasteiger partial charge in [0, 0.05) is 23.3 Å². The Morgan fingerprint density at radius 3 is 2.40 bits per heavy atom. The monoisotopic (exact) mass is 272 g/mol. The van der Waals surface area contributed by atoms with E-state index in [1.165, 1.54) is 0 Å². The van der Waals surface area contributed by atoms with Crippen molar-refractivity contribution in [1.82, 2.24) is 9.88 Å². The van der Waals surface area contributed by atoms with E-state index >= 15 is 0 Å². The molecular formula is C17H24N2O. The fraction of sp³-hybridized carbons (Fsp3) is 0.471. The predicted molar refractivity (Wildman–Crippen MR) is 83.7 cm³/mol. The molecule has 3 heteroatoms. The molecule has 2 rings (SSSR count). The van der Waals surface area contributed by atoms with Crippen LogP contribution < -0.4 is 0 Å². The molecule has 1 unspecified atom stereocenters. The standard InChI is InChI=1S/C17H24N2O/c1-5-17(6-2,19(3)4)16(20)15-12-18-11-13-9-7-8-10-14(13)15/h7-12,16,20H,5-6H2,1-4H3. The Bertz CT molecular complexity index is 571. The van der Waals surface area contributed by atoms with Crippen LogP contribution in [0.1, 0.15) is 38.4 Å². The number of aliphatic hydroxyl groups is 1. The summed E-state index contributed by atoms with van der Waals surface area (Å²) in [6.45, 7) is 4.26. The molecule has 20 heavy (non-hydrogen) atoms. The highest BCUT2D eigenvalue weighted by Gasteiger charge is 2.38. The van der Waals surface area contributed by atoms with Crippen LogP contribution in [0.5, 0.6) is 0 Å². The first-order chi connectivity index (χ1) is 9.56. The van der Waals surface area contributed by atoms with Gasteiger partial charge in [0.15, 0.2) is 0 Å². The molecule has 0 bridgehead atoms. The largest absolute Gasteiger partial charge is 0.386 e. The van der Waals surface area contributed by atoms with Crippen molar-refractivity contribution >= 4 is 10.8 Å². The number of rotatable bonds is 5. The molecule has 1 heterocycles. The van der Waals surface area contributed by atoms with Gasteiger partial charge < -0.3 is 10.0 Å². The topological polar surface area (TPSA) is 36.4 Å². The molecular weight excluding hydrogens is 248 g/mol. The second-order valence-electron chi connectivity index (χ2n) is 5.56. The molecule has 3 nitrogen and oxygen atoms in total. The summed E-state index contributed by atoms with van der Waals surface area (Å²) in [5.74, 6) is 0. The van der Waals surface area contributed by atoms with Crippen molar-refractivity contribution in [2.45, 2.75) is 38.3 Å². The van der Waals surface area contributed by atoms with Gasteiger partial charge in [0.05, 0.1) is 11.6 Å². The number of hydrogen-bond acceptors (Lipinski definition) is 3. The molecule has 0 spiro atoms. The lowest BCUT2D eigenvalue weighted by molar-refractivity contribution is -0.0142. The molecule has 0 radical (unpaired) electrons. The van der Waals surface area contributed by atoms with E-state index < -0.39 is 6.10 Å². The van der Waals surface area contributed by atoms with E-state index in [0.29, 0.717) is 0 Å². The van der Waals surface area contributed by atoms with E-state index in [4.69, 9.17) is 0 Å². The second kappa shape index (κ2) is 5.90. The first-order valence-electron chi connectivity index (χ1n) is 7.25. The lowest BCUT2D eigenvalue weighted by Gasteiger charge is -2.43. The summed E-state index contributed by atoms with van der Waals surface area (Å²) in [7, 11) is 4.07. The van der Waals surface area contributed by atoms with Crippen molar-refractivity contribution < 1.29 is 5.11 Å². The number of benzene rings is 1. The molecule has 0 amide bonds. The number of hydrogen-bond donors (Lipinski definition) is 1. The predicted octanol–water partition coefficient (Wildman–Crippen LogP) is 3.39. The average Bonchev–Trinajstić information content (AvgIpc) is 2.48. The summed E-state index contributed by atoms with van der Waals surface area (Å²) in [5, 5.41) is 13.2. The van der Waals surface area contributed by atoms with Crippen LogP contribution in [0.3, 0.4) is 0 Å². The van der Waals surface area contributed by atoms with Gasteiger partial charge >= 0.3 is 0 Å². The zero-order chi connectivity index (χ0) is 14.8. The molecule has 0 saturated carbocycles. The van der Waals surface area contributed by atoms with Crippen molar-refractivity contribution in [3.8, 4) is 0 Å². The van der Waals surface area contributed by atoms with Crippen LogP contribution in [0, 0.1) is 0 Å². The third kappa shape index (κ3) is 2.32. The van der Waals surface area contributed by atoms with Crippen molar-refractivity contribution in [3.05, 3.63) is 42.2 Å². The van der Waals surface area contributed by atoms with Gasteiger partial charge in [0.25, 0.3) is 0 Å². The van der Waals surface area contributed by atoms with Gasteiger partial charge in [-0.3, -0.25) is 4.98 Å². The molecule has 1 aromatic heterocycles. The van der Waals surface area contributed by atoms with Gasteiger partial charge in [0.2, 0.25) is 0 Å². The van der Waals surface area contributed by atoms with Crippen LogP contribution in [0.15, 0.2) is 36.7 Å². The number of aliphatic hydroxyl groups excluding tert-OH is 1. The maximum Gasteiger partial charge on any atom is 0.0994 e. The molecule has 2 aromatic rings. The van der Waals surface area contributed by atoms with Crippen molar-refractivity contribution in [3.63, 3.8) is 0 Å². The Morgan fingerprint density at radius 2 is 1.80 bits per heavy atom. The van der Waals surface area contributed by atoms with Crippen LogP contribution >= 0.6 is 0 Å². The third-order valence-electron chi connectivity index (χ3n) is 4.62. The lowest BCUT2D eigenvalue weighted by atomic mass is 9.81. The van der Waals surface area contributed by atoms with Crippen LogP contribution in [0.25, 0.3) is 10.8 Å². The highest BCUT2D eigenvalue weighted by atomic mass is 16.3. The van der Waals surface area contributed by atoms with Gasteiger partial charge in [-0.25, -0.2) is 0 Å². The highest BCUT2D eigenvalue weighted by molar-refractivity contribution is 5.85. The van der Waals surface area contributed by atoms with E-state index in [1.54, 1.807) is 6.20 Å². The van der Waals surface area contributed by atoms with E-state index in [9.17, 15) is 5.11 Å². The Hall–Kier alpha value is -1.45. The molecule has 1 atom stereocenters. The number of pyridine rings is 1. The zero-order valence-electron chi connectivity index (χ0n) is 12.8. The Morgan fingerprint density at radius 1 is 1.15 bits per heavy atom. The summed E-state index contributed by atoms with van der Waals surface area (Å²) in [6.07, 6.45) is 4.88. The Labute approximate surface area is 121 Å². The Kier molecular flexibility index (Phi) is 4.41. The number of aromatic nitrogens is 1. The molecule has 0 aliphatic heterocycles. The lowest BCUT2D eigenvalue weighted by Crippen LogP contribution is -2.48. The van der Waals surface area contributed by atoms with Crippen molar-refractivity contribution in [2.75, 3.05) is 14.1 Å². The third-order valence-corrected chi connectivity index (χ3v) is 4.62. The molecule has 0 fully saturated rings. The molecule has 1 N–H and O–H groups in total. The van der Waals surface area contributed by atoms with Crippen molar-refractivity contribution in [1.29, 1.82) is 0 Å². The number of fused-ring (bicyclic) bond motifs is 1. The van der Waals surface area contributed by atoms with Gasteiger partial charge in [0.1, 0.15) is 0 Å². The van der Waals surface area contributed by atoms with Crippen LogP contribution in [0.4, 0.5) is 0 Å². The van der Waals surface area contributed by atoms with Gasteiger partial charge in [-0.1, -0.05) is 38.1 Å². The Balaban J connectivity index is 2.57. The van der Waals surface area contributed by atoms with Crippen LogP contribution in [-0.2, 0) is 0 Å². The van der Waals surface area contributed by atoms with Crippen LogP contribution in [0.2, 0.25) is 0 Å². The molecule has 0 aliphatic rings. The minimum absolute atomic E-state index is 0.258. The normalized spacial score (nSPS) is 13.9. The maximum atomic E-state index is 11.0. The first-order valence-corrected chi connectivity index (χ1v) is 7.25. The van der Waals surface area contributed by atoms with Crippen molar-refractivity contribution in [2.24, 2.45) is 0 Å². The SMILES string of the molecule is CCC(CC)(C(O)c1cncc2ccccc12)N(C)C. The maximum absolute atomic E-state index is 11.0. The van der Waals surface area contributed by atoms with E-state index in [2.05, 4.69) is 29.8 Å². The molecule has 0 aliphatic carbocycles. The summed E-state index contributed by atoms with van der Waals surface area (Å²) in [5.41, 5.74) is 0.659. The summed E-state index contributed by atoms with van der Waals surface area (Å²) < 4.78 is 0. The minimum atomic E-state index is -0.550. The minimum Gasteiger partial charge on any atom is -0.386 e. The van der Waals surface area contributed by atoms with Gasteiger partial charge in [-0.05, 0) is 32.3 Å².